The monoisotopic (exact) mass is 524 g/mol. The van der Waals surface area contributed by atoms with Gasteiger partial charge in [0, 0.05) is 31.7 Å². The van der Waals surface area contributed by atoms with Crippen LogP contribution < -0.4 is 14.2 Å². The second kappa shape index (κ2) is 12.9. The van der Waals surface area contributed by atoms with Crippen LogP contribution in [0.4, 0.5) is 4.39 Å². The van der Waals surface area contributed by atoms with Crippen LogP contribution in [-0.4, -0.2) is 27.8 Å². The summed E-state index contributed by atoms with van der Waals surface area (Å²) in [4.78, 5) is 11.4. The fraction of sp³-hybridized carbons (Fsp3) is 0.367. The summed E-state index contributed by atoms with van der Waals surface area (Å²) in [6.07, 6.45) is 1.49. The Kier molecular flexibility index (Phi) is 9.89. The van der Waals surface area contributed by atoms with Gasteiger partial charge in [-0.25, -0.2) is 4.39 Å². The third-order valence-corrected chi connectivity index (χ3v) is 7.87. The summed E-state index contributed by atoms with van der Waals surface area (Å²) in [6, 6.07) is 21.3. The summed E-state index contributed by atoms with van der Waals surface area (Å²) < 4.78 is 38.3. The Morgan fingerprint density at radius 3 is 2.19 bits per heavy atom. The van der Waals surface area contributed by atoms with Crippen molar-refractivity contribution in [1.29, 1.82) is 0 Å². The summed E-state index contributed by atoms with van der Waals surface area (Å²) >= 11 is 0. The predicted octanol–water partition coefficient (Wildman–Crippen LogP) is 7.69. The second-order valence-corrected chi connectivity index (χ2v) is 16.0. The molecular formula is C30H37FO5Si. The maximum absolute atomic E-state index is 13.8. The van der Waals surface area contributed by atoms with Crippen LogP contribution in [0.3, 0.4) is 0 Å². The Labute approximate surface area is 220 Å². The number of hydrogen-bond donors (Lipinski definition) is 0. The number of rotatable bonds is 14. The maximum atomic E-state index is 13.8. The van der Waals surface area contributed by atoms with Gasteiger partial charge in [-0.2, -0.15) is 0 Å². The first-order valence-electron chi connectivity index (χ1n) is 12.6. The molecule has 0 heterocycles. The Morgan fingerprint density at radius 2 is 1.57 bits per heavy atom. The zero-order valence-corrected chi connectivity index (χ0v) is 23.3. The molecule has 0 N–H and O–H groups in total. The molecular weight excluding hydrogens is 487 g/mol. The van der Waals surface area contributed by atoms with Gasteiger partial charge in [-0.1, -0.05) is 45.6 Å². The van der Waals surface area contributed by atoms with Gasteiger partial charge in [0.1, 0.15) is 29.4 Å². The van der Waals surface area contributed by atoms with E-state index in [2.05, 4.69) is 19.6 Å². The SMILES string of the molecule is CCC(C)C(Oc1ccc(OCOCC[Si](C)(C)C)cc1)(Oc1cccc(C=O)c1)c1ccc(F)cc1. The van der Waals surface area contributed by atoms with E-state index >= 15 is 0 Å². The third kappa shape index (κ3) is 8.17. The molecule has 0 aliphatic carbocycles. The van der Waals surface area contributed by atoms with Crippen molar-refractivity contribution in [1.82, 2.24) is 0 Å². The van der Waals surface area contributed by atoms with Crippen LogP contribution in [0.1, 0.15) is 36.2 Å². The van der Waals surface area contributed by atoms with E-state index < -0.39 is 13.9 Å². The number of ether oxygens (including phenoxy) is 4. The van der Waals surface area contributed by atoms with Crippen LogP contribution in [0.15, 0.2) is 72.8 Å². The smallest absolute Gasteiger partial charge is 0.280 e. The van der Waals surface area contributed by atoms with Crippen LogP contribution in [-0.2, 0) is 10.5 Å². The van der Waals surface area contributed by atoms with E-state index in [1.54, 1.807) is 36.4 Å². The van der Waals surface area contributed by atoms with E-state index in [0.29, 0.717) is 35.0 Å². The van der Waals surface area contributed by atoms with Crippen LogP contribution >= 0.6 is 0 Å². The molecule has 0 aliphatic heterocycles. The Bertz CT molecular complexity index is 1130. The molecule has 0 bridgehead atoms. The molecule has 3 aromatic carbocycles. The topological polar surface area (TPSA) is 54.0 Å². The Morgan fingerprint density at radius 1 is 0.919 bits per heavy atom. The minimum Gasteiger partial charge on any atom is -0.468 e. The average Bonchev–Trinajstić information content (AvgIpc) is 2.88. The minimum atomic E-state index is -1.27. The van der Waals surface area contributed by atoms with Crippen molar-refractivity contribution in [2.75, 3.05) is 13.4 Å². The lowest BCUT2D eigenvalue weighted by Gasteiger charge is -2.39. The van der Waals surface area contributed by atoms with Crippen molar-refractivity contribution < 1.29 is 28.1 Å². The van der Waals surface area contributed by atoms with Crippen LogP contribution in [0.2, 0.25) is 25.7 Å². The zero-order chi connectivity index (χ0) is 26.9. The lowest BCUT2D eigenvalue weighted by atomic mass is 9.90. The summed E-state index contributed by atoms with van der Waals surface area (Å²) in [5.74, 6) is -0.0534. The fourth-order valence-electron chi connectivity index (χ4n) is 3.73. The van der Waals surface area contributed by atoms with Gasteiger partial charge >= 0.3 is 0 Å². The van der Waals surface area contributed by atoms with Gasteiger partial charge in [-0.3, -0.25) is 4.79 Å². The van der Waals surface area contributed by atoms with E-state index in [9.17, 15) is 9.18 Å². The highest BCUT2D eigenvalue weighted by Gasteiger charge is 2.43. The van der Waals surface area contributed by atoms with Gasteiger partial charge in [0.15, 0.2) is 6.79 Å². The van der Waals surface area contributed by atoms with Crippen molar-refractivity contribution in [3.8, 4) is 17.2 Å². The first-order chi connectivity index (χ1) is 17.6. The van der Waals surface area contributed by atoms with Crippen molar-refractivity contribution in [2.45, 2.75) is 51.7 Å². The van der Waals surface area contributed by atoms with Crippen LogP contribution in [0, 0.1) is 11.7 Å². The molecule has 0 aromatic heterocycles. The van der Waals surface area contributed by atoms with Gasteiger partial charge in [0.2, 0.25) is 0 Å². The molecule has 0 aliphatic rings. The average molecular weight is 525 g/mol. The Balaban J connectivity index is 1.84. The zero-order valence-electron chi connectivity index (χ0n) is 22.3. The molecule has 0 radical (unpaired) electrons. The lowest BCUT2D eigenvalue weighted by Crippen LogP contribution is -2.45. The first-order valence-corrected chi connectivity index (χ1v) is 16.4. The predicted molar refractivity (Wildman–Crippen MR) is 147 cm³/mol. The molecule has 3 aromatic rings. The van der Waals surface area contributed by atoms with Crippen molar-refractivity contribution in [2.24, 2.45) is 5.92 Å². The van der Waals surface area contributed by atoms with Gasteiger partial charge in [-0.05, 0) is 73.1 Å². The number of aldehydes is 1. The molecule has 0 saturated heterocycles. The molecule has 0 spiro atoms. The van der Waals surface area contributed by atoms with E-state index in [1.807, 2.05) is 38.1 Å². The maximum Gasteiger partial charge on any atom is 0.280 e. The molecule has 3 rings (SSSR count). The number of hydrogen-bond acceptors (Lipinski definition) is 5. The largest absolute Gasteiger partial charge is 0.468 e. The molecule has 5 nitrogen and oxygen atoms in total. The summed E-state index contributed by atoms with van der Waals surface area (Å²) in [7, 11) is -1.14. The quantitative estimate of drug-likeness (QED) is 0.0937. The van der Waals surface area contributed by atoms with Crippen LogP contribution in [0.5, 0.6) is 17.2 Å². The van der Waals surface area contributed by atoms with Crippen molar-refractivity contribution in [3.05, 3.63) is 89.7 Å². The molecule has 0 fully saturated rings. The highest BCUT2D eigenvalue weighted by Crippen LogP contribution is 2.40. The number of carbonyl (C=O) groups excluding carboxylic acids is 1. The summed E-state index contributed by atoms with van der Waals surface area (Å²) in [5, 5.41) is 0. The van der Waals surface area contributed by atoms with E-state index in [4.69, 9.17) is 18.9 Å². The molecule has 0 amide bonds. The van der Waals surface area contributed by atoms with Crippen molar-refractivity contribution >= 4 is 14.4 Å². The molecule has 37 heavy (non-hydrogen) atoms. The number of halogens is 1. The standard InChI is InChI=1S/C30H37FO5Si/c1-6-23(2)30(25-10-12-26(31)13-11-25,36-29-9-7-8-24(20-29)21-32)35-28-16-14-27(15-17-28)34-22-33-18-19-37(3,4)5/h7-17,20-21,23H,6,18-19,22H2,1-5H3. The van der Waals surface area contributed by atoms with Gasteiger partial charge in [0.05, 0.1) is 0 Å². The minimum absolute atomic E-state index is 0.131. The highest BCUT2D eigenvalue weighted by molar-refractivity contribution is 6.76. The first kappa shape index (κ1) is 28.4. The van der Waals surface area contributed by atoms with E-state index in [0.717, 1.165) is 18.8 Å². The molecule has 198 valence electrons. The Hall–Kier alpha value is -3.16. The fourth-order valence-corrected chi connectivity index (χ4v) is 4.48. The van der Waals surface area contributed by atoms with Gasteiger partial charge in [0.25, 0.3) is 5.79 Å². The molecule has 7 heteroatoms. The van der Waals surface area contributed by atoms with E-state index in [1.165, 1.54) is 12.1 Å². The molecule has 2 atom stereocenters. The third-order valence-electron chi connectivity index (χ3n) is 6.17. The lowest BCUT2D eigenvalue weighted by molar-refractivity contribution is -0.162. The van der Waals surface area contributed by atoms with Gasteiger partial charge in [-0.15, -0.1) is 0 Å². The summed E-state index contributed by atoms with van der Waals surface area (Å²) in [6.45, 7) is 11.9. The second-order valence-electron chi connectivity index (χ2n) is 10.3. The molecule has 2 unspecified atom stereocenters. The van der Waals surface area contributed by atoms with Crippen molar-refractivity contribution in [3.63, 3.8) is 0 Å². The number of carbonyl (C=O) groups is 1. The van der Waals surface area contributed by atoms with E-state index in [-0.39, 0.29) is 18.5 Å². The normalized spacial score (nSPS) is 13.9. The van der Waals surface area contributed by atoms with Crippen LogP contribution in [0.25, 0.3) is 0 Å². The molecule has 0 saturated carbocycles. The van der Waals surface area contributed by atoms with Gasteiger partial charge < -0.3 is 18.9 Å². The highest BCUT2D eigenvalue weighted by atomic mass is 28.3. The summed E-state index contributed by atoms with van der Waals surface area (Å²) in [5.41, 5.74) is 1.15. The number of benzene rings is 3.